The summed E-state index contributed by atoms with van der Waals surface area (Å²) < 4.78 is 25.3. The number of carbonyl (C=O) groups excluding carboxylic acids is 2. The Morgan fingerprint density at radius 1 is 1.11 bits per heavy atom. The van der Waals surface area contributed by atoms with E-state index in [1.165, 1.54) is 12.4 Å². The molecule has 36 heavy (non-hydrogen) atoms. The molecule has 0 unspecified atom stereocenters. The summed E-state index contributed by atoms with van der Waals surface area (Å²) in [6.07, 6.45) is 2.51. The summed E-state index contributed by atoms with van der Waals surface area (Å²) >= 11 is 0. The highest BCUT2D eigenvalue weighted by molar-refractivity contribution is 6.03. The van der Waals surface area contributed by atoms with E-state index in [4.69, 9.17) is 14.7 Å². The van der Waals surface area contributed by atoms with Crippen LogP contribution < -0.4 is 20.7 Å². The monoisotopic (exact) mass is 492 g/mol. The van der Waals surface area contributed by atoms with Gasteiger partial charge in [-0.3, -0.25) is 9.59 Å². The number of fused-ring (bicyclic) bond motifs is 1. The summed E-state index contributed by atoms with van der Waals surface area (Å²) in [5, 5.41) is 17.6. The van der Waals surface area contributed by atoms with Crippen LogP contribution in [-0.2, 0) is 14.3 Å². The van der Waals surface area contributed by atoms with E-state index >= 15 is 0 Å². The van der Waals surface area contributed by atoms with Gasteiger partial charge in [-0.15, -0.1) is 0 Å². The Labute approximate surface area is 206 Å². The number of rotatable bonds is 11. The number of halogens is 1. The number of methoxy groups -OCH3 is 1. The molecule has 0 atom stereocenters. The number of nitrogens with zero attached hydrogens (tertiary/aromatic N) is 3. The van der Waals surface area contributed by atoms with Crippen molar-refractivity contribution in [2.45, 2.75) is 19.3 Å². The minimum Gasteiger partial charge on any atom is -0.491 e. The zero-order valence-corrected chi connectivity index (χ0v) is 19.6. The van der Waals surface area contributed by atoms with Gasteiger partial charge in [0, 0.05) is 37.2 Å². The maximum absolute atomic E-state index is 14.8. The summed E-state index contributed by atoms with van der Waals surface area (Å²) in [6.45, 7) is 0.923. The maximum Gasteiger partial charge on any atom is 0.233 e. The van der Waals surface area contributed by atoms with Gasteiger partial charge in [0.05, 0.1) is 29.0 Å². The Kier molecular flexibility index (Phi) is 7.56. The number of aromatic nitrogens is 2. The number of hydrogen-bond acceptors (Lipinski definition) is 8. The number of ether oxygens (including phenoxy) is 2. The predicted molar refractivity (Wildman–Crippen MR) is 130 cm³/mol. The third kappa shape index (κ3) is 6.22. The van der Waals surface area contributed by atoms with Crippen molar-refractivity contribution >= 4 is 39.9 Å². The van der Waals surface area contributed by atoms with Crippen molar-refractivity contribution < 1.29 is 23.5 Å². The molecule has 0 saturated heterocycles. The molecule has 3 aromatic rings. The fourth-order valence-electron chi connectivity index (χ4n) is 3.47. The molecule has 186 valence electrons. The summed E-state index contributed by atoms with van der Waals surface area (Å²) in [5.41, 5.74) is 1.01. The SMILES string of the molecule is COCCOc1cc(F)c2c(Nc3ccc(NC(=O)CC(=O)NCC4(C#N)CC4)cc3)ncnc2c1. The van der Waals surface area contributed by atoms with Crippen molar-refractivity contribution in [3.63, 3.8) is 0 Å². The van der Waals surface area contributed by atoms with Crippen LogP contribution in [0.5, 0.6) is 5.75 Å². The molecule has 2 amide bonds. The van der Waals surface area contributed by atoms with E-state index < -0.39 is 23.0 Å². The lowest BCUT2D eigenvalue weighted by Crippen LogP contribution is -2.32. The molecule has 2 aromatic carbocycles. The van der Waals surface area contributed by atoms with Crippen molar-refractivity contribution in [3.05, 3.63) is 48.5 Å². The molecule has 0 radical (unpaired) electrons. The lowest BCUT2D eigenvalue weighted by atomic mass is 10.1. The molecular weight excluding hydrogens is 467 g/mol. The smallest absolute Gasteiger partial charge is 0.233 e. The molecule has 11 heteroatoms. The zero-order valence-electron chi connectivity index (χ0n) is 19.6. The first-order chi connectivity index (χ1) is 17.4. The molecule has 10 nitrogen and oxygen atoms in total. The van der Waals surface area contributed by atoms with Crippen LogP contribution in [0.3, 0.4) is 0 Å². The number of hydrogen-bond donors (Lipinski definition) is 3. The van der Waals surface area contributed by atoms with E-state index in [2.05, 4.69) is 32.0 Å². The highest BCUT2D eigenvalue weighted by atomic mass is 19.1. The van der Waals surface area contributed by atoms with E-state index in [-0.39, 0.29) is 30.8 Å². The quantitative estimate of drug-likeness (QED) is 0.274. The molecular formula is C25H25FN6O4. The molecule has 1 saturated carbocycles. The van der Waals surface area contributed by atoms with E-state index in [0.717, 1.165) is 12.8 Å². The van der Waals surface area contributed by atoms with Gasteiger partial charge < -0.3 is 25.4 Å². The number of nitrogens with one attached hydrogen (secondary N) is 3. The van der Waals surface area contributed by atoms with E-state index in [9.17, 15) is 14.0 Å². The number of anilines is 3. The summed E-state index contributed by atoms with van der Waals surface area (Å²) in [5.74, 6) is -0.819. The van der Waals surface area contributed by atoms with Gasteiger partial charge in [-0.2, -0.15) is 5.26 Å². The minimum absolute atomic E-state index is 0.212. The Morgan fingerprint density at radius 3 is 2.56 bits per heavy atom. The van der Waals surface area contributed by atoms with E-state index in [1.807, 2.05) is 0 Å². The fraction of sp³-hybridized carbons (Fsp3) is 0.320. The van der Waals surface area contributed by atoms with Crippen LogP contribution in [-0.4, -0.2) is 48.7 Å². The standard InChI is InChI=1S/C25H25FN6O4/c1-35-8-9-36-18-10-19(26)23-20(11-18)29-15-30-24(23)32-17-4-2-16(3-5-17)31-22(34)12-21(33)28-14-25(13-27)6-7-25/h2-5,10-11,15H,6-9,12,14H2,1H3,(H,28,33)(H,31,34)(H,29,30,32). The van der Waals surface area contributed by atoms with Crippen LogP contribution in [0.1, 0.15) is 19.3 Å². The van der Waals surface area contributed by atoms with Gasteiger partial charge in [-0.25, -0.2) is 14.4 Å². The molecule has 0 spiro atoms. The van der Waals surface area contributed by atoms with Crippen molar-refractivity contribution in [3.8, 4) is 11.8 Å². The first kappa shape index (κ1) is 24.8. The van der Waals surface area contributed by atoms with Gasteiger partial charge in [0.25, 0.3) is 0 Å². The highest BCUT2D eigenvalue weighted by Gasteiger charge is 2.43. The number of amides is 2. The molecule has 1 aliphatic rings. The van der Waals surface area contributed by atoms with Crippen molar-refractivity contribution in [2.75, 3.05) is 37.5 Å². The molecule has 1 heterocycles. The first-order valence-corrected chi connectivity index (χ1v) is 11.3. The van der Waals surface area contributed by atoms with Gasteiger partial charge in [0.2, 0.25) is 11.8 Å². The summed E-state index contributed by atoms with van der Waals surface area (Å²) in [7, 11) is 1.55. The highest BCUT2D eigenvalue weighted by Crippen LogP contribution is 2.44. The fourth-order valence-corrected chi connectivity index (χ4v) is 3.47. The number of carbonyl (C=O) groups is 2. The van der Waals surface area contributed by atoms with Crippen LogP contribution in [0.4, 0.5) is 21.6 Å². The van der Waals surface area contributed by atoms with E-state index in [1.54, 1.807) is 37.4 Å². The van der Waals surface area contributed by atoms with Crippen molar-refractivity contribution in [1.82, 2.24) is 15.3 Å². The molecule has 1 aliphatic carbocycles. The third-order valence-corrected chi connectivity index (χ3v) is 5.69. The summed E-state index contributed by atoms with van der Waals surface area (Å²) in [4.78, 5) is 32.4. The molecule has 3 N–H and O–H groups in total. The average molecular weight is 493 g/mol. The van der Waals surface area contributed by atoms with Crippen LogP contribution in [0.25, 0.3) is 10.9 Å². The molecule has 0 bridgehead atoms. The van der Waals surface area contributed by atoms with Crippen molar-refractivity contribution in [2.24, 2.45) is 5.41 Å². The van der Waals surface area contributed by atoms with Crippen LogP contribution in [0, 0.1) is 22.6 Å². The first-order valence-electron chi connectivity index (χ1n) is 11.3. The van der Waals surface area contributed by atoms with Crippen LogP contribution in [0.15, 0.2) is 42.7 Å². The predicted octanol–water partition coefficient (Wildman–Crippen LogP) is 3.29. The second-order valence-corrected chi connectivity index (χ2v) is 8.46. The normalized spacial score (nSPS) is 13.5. The Bertz CT molecular complexity index is 1300. The van der Waals surface area contributed by atoms with Gasteiger partial charge in [0.15, 0.2) is 0 Å². The lowest BCUT2D eigenvalue weighted by Gasteiger charge is -2.12. The van der Waals surface area contributed by atoms with Gasteiger partial charge in [-0.1, -0.05) is 0 Å². The Morgan fingerprint density at radius 2 is 1.86 bits per heavy atom. The Balaban J connectivity index is 1.35. The zero-order chi connectivity index (χ0) is 25.5. The van der Waals surface area contributed by atoms with Crippen LogP contribution in [0.2, 0.25) is 0 Å². The Hall–Kier alpha value is -4.30. The second kappa shape index (κ2) is 11.0. The topological polar surface area (TPSA) is 138 Å². The lowest BCUT2D eigenvalue weighted by molar-refractivity contribution is -0.126. The number of nitriles is 1. The second-order valence-electron chi connectivity index (χ2n) is 8.46. The molecule has 4 rings (SSSR count). The summed E-state index contributed by atoms with van der Waals surface area (Å²) in [6, 6.07) is 11.8. The maximum atomic E-state index is 14.8. The molecule has 1 fully saturated rings. The minimum atomic E-state index is -0.535. The molecule has 1 aromatic heterocycles. The van der Waals surface area contributed by atoms with Gasteiger partial charge >= 0.3 is 0 Å². The number of benzene rings is 2. The largest absolute Gasteiger partial charge is 0.491 e. The van der Waals surface area contributed by atoms with Gasteiger partial charge in [0.1, 0.15) is 36.7 Å². The molecule has 0 aliphatic heterocycles. The average Bonchev–Trinajstić information content (AvgIpc) is 3.65. The van der Waals surface area contributed by atoms with Crippen molar-refractivity contribution in [1.29, 1.82) is 5.26 Å². The third-order valence-electron chi connectivity index (χ3n) is 5.69. The van der Waals surface area contributed by atoms with E-state index in [0.29, 0.717) is 29.2 Å². The van der Waals surface area contributed by atoms with Crippen LogP contribution >= 0.6 is 0 Å². The van der Waals surface area contributed by atoms with Gasteiger partial charge in [-0.05, 0) is 37.1 Å².